The maximum atomic E-state index is 11.8. The van der Waals surface area contributed by atoms with Crippen molar-refractivity contribution in [2.45, 2.75) is 58.0 Å². The van der Waals surface area contributed by atoms with Gasteiger partial charge in [0.05, 0.1) is 6.04 Å². The number of carbonyl (C=O) groups is 1. The summed E-state index contributed by atoms with van der Waals surface area (Å²) >= 11 is 0. The minimum Gasteiger partial charge on any atom is -0.368 e. The molecule has 0 aliphatic heterocycles. The van der Waals surface area contributed by atoms with Gasteiger partial charge in [0.2, 0.25) is 5.91 Å². The van der Waals surface area contributed by atoms with Gasteiger partial charge in [-0.2, -0.15) is 0 Å². The van der Waals surface area contributed by atoms with Gasteiger partial charge in [0.1, 0.15) is 0 Å². The largest absolute Gasteiger partial charge is 0.368 e. The number of nitrogens with two attached hydrogens (primary N) is 1. The third kappa shape index (κ3) is 4.31. The van der Waals surface area contributed by atoms with Crippen molar-refractivity contribution >= 4 is 5.91 Å². The van der Waals surface area contributed by atoms with Crippen molar-refractivity contribution in [3.63, 3.8) is 0 Å². The number of carbonyl (C=O) groups excluding carboxylic acids is 1. The normalized spacial score (nSPS) is 19.4. The molecule has 3 N–H and O–H groups in total. The zero-order chi connectivity index (χ0) is 15.2. The Balaban J connectivity index is 2.20. The third-order valence-electron chi connectivity index (χ3n) is 4.61. The zero-order valence-electron chi connectivity index (χ0n) is 13.2. The molecule has 21 heavy (non-hydrogen) atoms. The summed E-state index contributed by atoms with van der Waals surface area (Å²) in [5.41, 5.74) is 6.87. The van der Waals surface area contributed by atoms with E-state index in [1.165, 1.54) is 37.7 Å². The number of hydrogen-bond donors (Lipinski definition) is 2. The second-order valence-electron chi connectivity index (χ2n) is 6.58. The van der Waals surface area contributed by atoms with Crippen molar-refractivity contribution in [3.05, 3.63) is 35.9 Å². The van der Waals surface area contributed by atoms with Crippen LogP contribution in [0.4, 0.5) is 0 Å². The molecule has 3 nitrogen and oxygen atoms in total. The molecule has 2 rings (SSSR count). The number of amides is 1. The molecule has 116 valence electrons. The molecule has 2 atom stereocenters. The van der Waals surface area contributed by atoms with Gasteiger partial charge in [0, 0.05) is 6.04 Å². The van der Waals surface area contributed by atoms with Gasteiger partial charge in [-0.25, -0.2) is 0 Å². The molecule has 1 saturated carbocycles. The van der Waals surface area contributed by atoms with Gasteiger partial charge in [-0.15, -0.1) is 0 Å². The first kappa shape index (κ1) is 16.0. The maximum Gasteiger partial charge on any atom is 0.234 e. The Bertz CT molecular complexity index is 438. The number of nitrogens with one attached hydrogen (secondary N) is 1. The van der Waals surface area contributed by atoms with Crippen LogP contribution in [0.15, 0.2) is 30.3 Å². The molecule has 1 fully saturated rings. The topological polar surface area (TPSA) is 55.1 Å². The van der Waals surface area contributed by atoms with Crippen LogP contribution in [-0.4, -0.2) is 11.9 Å². The van der Waals surface area contributed by atoms with Crippen LogP contribution in [0.2, 0.25) is 0 Å². The fourth-order valence-corrected chi connectivity index (χ4v) is 3.43. The summed E-state index contributed by atoms with van der Waals surface area (Å²) in [5, 5.41) is 3.56. The molecule has 0 aromatic heterocycles. The molecule has 1 aromatic carbocycles. The Hall–Kier alpha value is -1.35. The Morgan fingerprint density at radius 3 is 2.29 bits per heavy atom. The first-order valence-electron chi connectivity index (χ1n) is 8.20. The Kier molecular flexibility index (Phi) is 5.80. The quantitative estimate of drug-likeness (QED) is 0.843. The minimum absolute atomic E-state index is 0.206. The van der Waals surface area contributed by atoms with E-state index in [0.717, 1.165) is 0 Å². The highest BCUT2D eigenvalue weighted by Gasteiger charge is 2.30. The average molecular weight is 288 g/mol. The van der Waals surface area contributed by atoms with E-state index in [2.05, 4.69) is 29.6 Å². The van der Waals surface area contributed by atoms with Crippen LogP contribution in [0, 0.1) is 11.8 Å². The molecular weight excluding hydrogens is 260 g/mol. The third-order valence-corrected chi connectivity index (χ3v) is 4.61. The maximum absolute atomic E-state index is 11.8. The molecule has 0 radical (unpaired) electrons. The predicted octanol–water partition coefficient (Wildman–Crippen LogP) is 3.41. The Morgan fingerprint density at radius 1 is 1.14 bits per heavy atom. The van der Waals surface area contributed by atoms with E-state index in [-0.39, 0.29) is 23.9 Å². The summed E-state index contributed by atoms with van der Waals surface area (Å²) < 4.78 is 0. The summed E-state index contributed by atoms with van der Waals surface area (Å²) in [7, 11) is 0. The lowest BCUT2D eigenvalue weighted by Gasteiger charge is -2.34. The molecule has 1 aliphatic carbocycles. The lowest BCUT2D eigenvalue weighted by atomic mass is 9.80. The average Bonchev–Trinajstić information content (AvgIpc) is 2.49. The van der Waals surface area contributed by atoms with E-state index >= 15 is 0 Å². The molecule has 1 aliphatic rings. The Labute approximate surface area is 128 Å². The lowest BCUT2D eigenvalue weighted by Crippen LogP contribution is -2.48. The van der Waals surface area contributed by atoms with Crippen LogP contribution in [-0.2, 0) is 4.79 Å². The van der Waals surface area contributed by atoms with Gasteiger partial charge in [0.15, 0.2) is 0 Å². The highest BCUT2D eigenvalue weighted by Crippen LogP contribution is 2.35. The van der Waals surface area contributed by atoms with Crippen LogP contribution < -0.4 is 11.1 Å². The zero-order valence-corrected chi connectivity index (χ0v) is 13.2. The number of benzene rings is 1. The van der Waals surface area contributed by atoms with E-state index in [1.807, 2.05) is 19.9 Å². The van der Waals surface area contributed by atoms with Crippen molar-refractivity contribution in [1.82, 2.24) is 5.32 Å². The number of primary amides is 1. The molecular formula is C18H28N2O. The molecule has 0 heterocycles. The van der Waals surface area contributed by atoms with Gasteiger partial charge in [-0.1, -0.05) is 63.4 Å². The van der Waals surface area contributed by atoms with E-state index in [9.17, 15) is 4.79 Å². The molecule has 3 heteroatoms. The predicted molar refractivity (Wildman–Crippen MR) is 86.7 cm³/mol. The summed E-state index contributed by atoms with van der Waals surface area (Å²) in [6.07, 6.45) is 6.38. The van der Waals surface area contributed by atoms with Crippen LogP contribution in [0.25, 0.3) is 0 Å². The fraction of sp³-hybridized carbons (Fsp3) is 0.611. The highest BCUT2D eigenvalue weighted by atomic mass is 16.1. The molecule has 0 spiro atoms. The van der Waals surface area contributed by atoms with Gasteiger partial charge in [-0.3, -0.25) is 10.1 Å². The van der Waals surface area contributed by atoms with Crippen molar-refractivity contribution in [3.8, 4) is 0 Å². The number of rotatable bonds is 6. The van der Waals surface area contributed by atoms with Crippen molar-refractivity contribution in [2.75, 3.05) is 0 Å². The minimum atomic E-state index is -0.267. The lowest BCUT2D eigenvalue weighted by molar-refractivity contribution is -0.121. The van der Waals surface area contributed by atoms with Crippen molar-refractivity contribution in [1.29, 1.82) is 0 Å². The molecule has 2 unspecified atom stereocenters. The monoisotopic (exact) mass is 288 g/mol. The summed E-state index contributed by atoms with van der Waals surface area (Å²) in [6.45, 7) is 4.09. The van der Waals surface area contributed by atoms with E-state index in [1.54, 1.807) is 0 Å². The summed E-state index contributed by atoms with van der Waals surface area (Å²) in [5.74, 6) is 0.556. The van der Waals surface area contributed by atoms with Crippen molar-refractivity contribution < 1.29 is 4.79 Å². The van der Waals surface area contributed by atoms with Gasteiger partial charge in [0.25, 0.3) is 0 Å². The second-order valence-corrected chi connectivity index (χ2v) is 6.58. The first-order valence-corrected chi connectivity index (χ1v) is 8.20. The molecule has 1 aromatic rings. The van der Waals surface area contributed by atoms with E-state index in [0.29, 0.717) is 5.92 Å². The van der Waals surface area contributed by atoms with Gasteiger partial charge < -0.3 is 5.73 Å². The highest BCUT2D eigenvalue weighted by molar-refractivity contribution is 5.80. The Morgan fingerprint density at radius 2 is 1.76 bits per heavy atom. The summed E-state index contributed by atoms with van der Waals surface area (Å²) in [6, 6.07) is 10.5. The van der Waals surface area contributed by atoms with Gasteiger partial charge in [-0.05, 0) is 30.2 Å². The molecule has 0 saturated heterocycles. The smallest absolute Gasteiger partial charge is 0.234 e. The van der Waals surface area contributed by atoms with Crippen molar-refractivity contribution in [2.24, 2.45) is 17.6 Å². The van der Waals surface area contributed by atoms with Gasteiger partial charge >= 0.3 is 0 Å². The summed E-state index contributed by atoms with van der Waals surface area (Å²) in [4.78, 5) is 11.8. The first-order chi connectivity index (χ1) is 10.1. The van der Waals surface area contributed by atoms with Crippen LogP contribution >= 0.6 is 0 Å². The molecule has 0 bridgehead atoms. The molecule has 1 amide bonds. The fourth-order valence-electron chi connectivity index (χ4n) is 3.43. The van der Waals surface area contributed by atoms with E-state index in [4.69, 9.17) is 5.73 Å². The second kappa shape index (κ2) is 7.60. The van der Waals surface area contributed by atoms with E-state index < -0.39 is 0 Å². The van der Waals surface area contributed by atoms with Crippen LogP contribution in [0.1, 0.15) is 57.6 Å². The number of hydrogen-bond acceptors (Lipinski definition) is 2. The van der Waals surface area contributed by atoms with Crippen LogP contribution in [0.3, 0.4) is 0 Å². The standard InChI is InChI=1S/C18H28N2O/c1-13(2)16(18(19)21)20-17(14-9-5-3-6-10-14)15-11-7-4-8-12-15/h3,5-6,9-10,13,15-17,20H,4,7-8,11-12H2,1-2H3,(H2,19,21). The van der Waals surface area contributed by atoms with Crippen LogP contribution in [0.5, 0.6) is 0 Å². The SMILES string of the molecule is CC(C)C(NC(c1ccccc1)C1CCCCC1)C(N)=O.